The van der Waals surface area contributed by atoms with Crippen molar-refractivity contribution in [1.29, 1.82) is 0 Å². The van der Waals surface area contributed by atoms with Gasteiger partial charge < -0.3 is 9.47 Å². The van der Waals surface area contributed by atoms with Crippen molar-refractivity contribution in [3.63, 3.8) is 0 Å². The van der Waals surface area contributed by atoms with E-state index < -0.39 is 5.97 Å². The zero-order chi connectivity index (χ0) is 16.3. The molecule has 22 heavy (non-hydrogen) atoms. The number of carbonyl (C=O) groups excluding carboxylic acids is 3. The molecule has 0 radical (unpaired) electrons. The minimum absolute atomic E-state index is 0.276. The highest BCUT2D eigenvalue weighted by atomic mass is 32.2. The maximum absolute atomic E-state index is 12.0. The predicted molar refractivity (Wildman–Crippen MR) is 82.7 cm³/mol. The monoisotopic (exact) mass is 321 g/mol. The van der Waals surface area contributed by atoms with Crippen LogP contribution in [0.25, 0.3) is 6.08 Å². The highest BCUT2D eigenvalue weighted by Gasteiger charge is 2.33. The topological polar surface area (TPSA) is 72.9 Å². The molecule has 0 N–H and O–H groups in total. The summed E-state index contributed by atoms with van der Waals surface area (Å²) in [6.07, 6.45) is 1.61. The highest BCUT2D eigenvalue weighted by molar-refractivity contribution is 8.18. The van der Waals surface area contributed by atoms with Crippen molar-refractivity contribution >= 4 is 35.0 Å². The minimum Gasteiger partial charge on any atom is -0.493 e. The van der Waals surface area contributed by atoms with Crippen LogP contribution < -0.4 is 9.47 Å². The quantitative estimate of drug-likeness (QED) is 0.482. The molecule has 1 aromatic rings. The van der Waals surface area contributed by atoms with Crippen LogP contribution in [0.3, 0.4) is 0 Å². The second kappa shape index (κ2) is 6.65. The van der Waals surface area contributed by atoms with Gasteiger partial charge in [-0.1, -0.05) is 6.07 Å². The summed E-state index contributed by atoms with van der Waals surface area (Å²) >= 11 is 0.902. The lowest BCUT2D eigenvalue weighted by atomic mass is 10.2. The first kappa shape index (κ1) is 16.1. The second-order valence-corrected chi connectivity index (χ2v) is 5.42. The van der Waals surface area contributed by atoms with E-state index in [0.717, 1.165) is 11.8 Å². The Morgan fingerprint density at radius 3 is 2.59 bits per heavy atom. The van der Waals surface area contributed by atoms with Crippen LogP contribution in [0.2, 0.25) is 0 Å². The van der Waals surface area contributed by atoms with E-state index in [1.54, 1.807) is 31.2 Å². The molecule has 2 rings (SSSR count). The third-order valence-electron chi connectivity index (χ3n) is 2.93. The molecule has 7 heteroatoms. The average Bonchev–Trinajstić information content (AvgIpc) is 2.74. The molecule has 0 atom stereocenters. The van der Waals surface area contributed by atoms with E-state index in [1.165, 1.54) is 18.9 Å². The number of amides is 2. The molecule has 1 fully saturated rings. The number of imide groups is 1. The largest absolute Gasteiger partial charge is 0.493 e. The Morgan fingerprint density at radius 2 is 2.05 bits per heavy atom. The fourth-order valence-electron chi connectivity index (χ4n) is 1.94. The lowest BCUT2D eigenvalue weighted by molar-refractivity contribution is -0.132. The van der Waals surface area contributed by atoms with Gasteiger partial charge in [0.25, 0.3) is 11.1 Å². The number of esters is 1. The molecule has 116 valence electrons. The summed E-state index contributed by atoms with van der Waals surface area (Å²) in [6, 6.07) is 4.90. The van der Waals surface area contributed by atoms with Crippen molar-refractivity contribution in [1.82, 2.24) is 4.90 Å². The van der Waals surface area contributed by atoms with Gasteiger partial charge in [0.1, 0.15) is 0 Å². The normalized spacial score (nSPS) is 16.3. The van der Waals surface area contributed by atoms with E-state index in [4.69, 9.17) is 9.47 Å². The number of hydrogen-bond donors (Lipinski definition) is 0. The van der Waals surface area contributed by atoms with Gasteiger partial charge in [-0.05, 0) is 42.5 Å². The molecule has 6 nitrogen and oxygen atoms in total. The fourth-order valence-corrected chi connectivity index (χ4v) is 2.84. The minimum atomic E-state index is -0.449. The molecule has 2 amide bonds. The van der Waals surface area contributed by atoms with E-state index in [9.17, 15) is 14.4 Å². The van der Waals surface area contributed by atoms with Crippen molar-refractivity contribution in [3.05, 3.63) is 28.7 Å². The maximum atomic E-state index is 12.0. The fraction of sp³-hybridized carbons (Fsp3) is 0.267. The van der Waals surface area contributed by atoms with Crippen LogP contribution in [0, 0.1) is 0 Å². The Kier molecular flexibility index (Phi) is 4.87. The first-order valence-corrected chi connectivity index (χ1v) is 7.39. The number of benzene rings is 1. The zero-order valence-corrected chi connectivity index (χ0v) is 13.2. The Morgan fingerprint density at radius 1 is 1.32 bits per heavy atom. The van der Waals surface area contributed by atoms with Crippen molar-refractivity contribution in [2.75, 3.05) is 13.7 Å². The average molecular weight is 321 g/mol. The summed E-state index contributed by atoms with van der Waals surface area (Å²) in [5, 5.41) is -0.276. The van der Waals surface area contributed by atoms with Gasteiger partial charge in [-0.3, -0.25) is 19.3 Å². The number of rotatable bonds is 4. The molecule has 0 spiro atoms. The van der Waals surface area contributed by atoms with E-state index in [1.807, 2.05) is 0 Å². The Hall–Kier alpha value is -2.28. The van der Waals surface area contributed by atoms with Crippen LogP contribution in [0.4, 0.5) is 4.79 Å². The maximum Gasteiger partial charge on any atom is 0.308 e. The lowest BCUT2D eigenvalue weighted by Crippen LogP contribution is -2.27. The Balaban J connectivity index is 2.31. The molecule has 0 bridgehead atoms. The number of methoxy groups -OCH3 is 1. The van der Waals surface area contributed by atoms with Crippen LogP contribution in [0.15, 0.2) is 23.1 Å². The third kappa shape index (κ3) is 3.30. The summed E-state index contributed by atoms with van der Waals surface area (Å²) in [4.78, 5) is 36.2. The van der Waals surface area contributed by atoms with E-state index >= 15 is 0 Å². The second-order valence-electron chi connectivity index (χ2n) is 4.43. The Bertz CT molecular complexity index is 668. The lowest BCUT2D eigenvalue weighted by Gasteiger charge is -2.09. The molecular weight excluding hydrogens is 306 g/mol. The van der Waals surface area contributed by atoms with Gasteiger partial charge in [0, 0.05) is 13.5 Å². The zero-order valence-electron chi connectivity index (χ0n) is 12.4. The SMILES string of the molecule is CCN1C(=O)S/C(=C\c2ccc(OC(C)=O)c(OC)c2)C1=O. The molecular formula is C15H15NO5S. The van der Waals surface area contributed by atoms with Crippen LogP contribution >= 0.6 is 11.8 Å². The van der Waals surface area contributed by atoms with Crippen LogP contribution in [0.5, 0.6) is 11.5 Å². The van der Waals surface area contributed by atoms with Gasteiger partial charge in [-0.2, -0.15) is 0 Å². The van der Waals surface area contributed by atoms with Gasteiger partial charge >= 0.3 is 5.97 Å². The summed E-state index contributed by atoms with van der Waals surface area (Å²) < 4.78 is 10.2. The number of carbonyl (C=O) groups is 3. The molecule has 0 aromatic heterocycles. The van der Waals surface area contributed by atoms with E-state index in [-0.39, 0.29) is 11.1 Å². The number of nitrogens with zero attached hydrogens (tertiary/aromatic N) is 1. The van der Waals surface area contributed by atoms with Crippen LogP contribution in [0.1, 0.15) is 19.4 Å². The van der Waals surface area contributed by atoms with Crippen molar-refractivity contribution in [3.8, 4) is 11.5 Å². The molecule has 1 saturated heterocycles. The first-order chi connectivity index (χ1) is 10.5. The summed E-state index contributed by atoms with van der Waals surface area (Å²) in [5.74, 6) is -0.0804. The van der Waals surface area contributed by atoms with Gasteiger partial charge in [-0.15, -0.1) is 0 Å². The van der Waals surface area contributed by atoms with E-state index in [2.05, 4.69) is 0 Å². The third-order valence-corrected chi connectivity index (χ3v) is 3.84. The molecule has 0 unspecified atom stereocenters. The molecule has 1 heterocycles. The van der Waals surface area contributed by atoms with Crippen molar-refractivity contribution in [2.45, 2.75) is 13.8 Å². The molecule has 1 aromatic carbocycles. The first-order valence-electron chi connectivity index (χ1n) is 6.58. The number of likely N-dealkylation sites (N-methyl/N-ethyl adjacent to an activating group) is 1. The van der Waals surface area contributed by atoms with Crippen LogP contribution in [-0.4, -0.2) is 35.7 Å². The molecule has 1 aliphatic heterocycles. The summed E-state index contributed by atoms with van der Waals surface area (Å²) in [6.45, 7) is 3.39. The number of ether oxygens (including phenoxy) is 2. The smallest absolute Gasteiger partial charge is 0.308 e. The molecule has 1 aliphatic rings. The predicted octanol–water partition coefficient (Wildman–Crippen LogP) is 2.68. The summed E-state index contributed by atoms with van der Waals surface area (Å²) in [7, 11) is 1.46. The Labute approximate surface area is 132 Å². The number of thioether (sulfide) groups is 1. The van der Waals surface area contributed by atoms with Crippen molar-refractivity contribution in [2.24, 2.45) is 0 Å². The van der Waals surface area contributed by atoms with Gasteiger partial charge in [0.15, 0.2) is 11.5 Å². The number of hydrogen-bond acceptors (Lipinski definition) is 6. The van der Waals surface area contributed by atoms with Gasteiger partial charge in [0.2, 0.25) is 0 Å². The standard InChI is InChI=1S/C15H15NO5S/c1-4-16-14(18)13(22-15(16)19)8-10-5-6-11(21-9(2)17)12(7-10)20-3/h5-8H,4H2,1-3H3/b13-8-. The highest BCUT2D eigenvalue weighted by Crippen LogP contribution is 2.34. The van der Waals surface area contributed by atoms with Gasteiger partial charge in [-0.25, -0.2) is 0 Å². The van der Waals surface area contributed by atoms with Crippen LogP contribution in [-0.2, 0) is 9.59 Å². The van der Waals surface area contributed by atoms with Gasteiger partial charge in [0.05, 0.1) is 12.0 Å². The molecule has 0 aliphatic carbocycles. The van der Waals surface area contributed by atoms with Crippen molar-refractivity contribution < 1.29 is 23.9 Å². The summed E-state index contributed by atoms with van der Waals surface area (Å²) in [5.41, 5.74) is 0.675. The van der Waals surface area contributed by atoms with E-state index in [0.29, 0.717) is 28.5 Å². The molecule has 0 saturated carbocycles.